The molecule has 2 rings (SSSR count). The Morgan fingerprint density at radius 1 is 1.33 bits per heavy atom. The summed E-state index contributed by atoms with van der Waals surface area (Å²) < 4.78 is 0. The number of hydrogen-bond donors (Lipinski definition) is 2. The van der Waals surface area contributed by atoms with E-state index in [2.05, 4.69) is 10.3 Å². The van der Waals surface area contributed by atoms with E-state index in [9.17, 15) is 5.11 Å². The summed E-state index contributed by atoms with van der Waals surface area (Å²) in [5, 5.41) is 14.8. The van der Waals surface area contributed by atoms with Gasteiger partial charge in [0, 0.05) is 24.5 Å². The van der Waals surface area contributed by atoms with Gasteiger partial charge in [0.05, 0.1) is 5.69 Å². The van der Waals surface area contributed by atoms with Crippen molar-refractivity contribution in [2.75, 3.05) is 13.6 Å². The molecular weight excluding hydrogens is 188 g/mol. The van der Waals surface area contributed by atoms with Gasteiger partial charge in [0.15, 0.2) is 0 Å². The van der Waals surface area contributed by atoms with Crippen LogP contribution in [-0.2, 0) is 6.42 Å². The third-order valence-corrected chi connectivity index (χ3v) is 2.46. The summed E-state index contributed by atoms with van der Waals surface area (Å²) in [6, 6.07) is 7.45. The molecule has 2 N–H and O–H groups in total. The molecule has 0 aliphatic carbocycles. The van der Waals surface area contributed by atoms with Crippen LogP contribution in [0.4, 0.5) is 0 Å². The highest BCUT2D eigenvalue weighted by Gasteiger charge is 2.05. The number of pyridine rings is 1. The highest BCUT2D eigenvalue weighted by Crippen LogP contribution is 2.26. The topological polar surface area (TPSA) is 45.2 Å². The molecule has 0 atom stereocenters. The van der Waals surface area contributed by atoms with E-state index in [0.717, 1.165) is 29.4 Å². The molecule has 0 aliphatic heterocycles. The van der Waals surface area contributed by atoms with Crippen LogP contribution in [0.25, 0.3) is 10.8 Å². The minimum Gasteiger partial charge on any atom is -0.507 e. The van der Waals surface area contributed by atoms with E-state index in [1.165, 1.54) is 0 Å². The Morgan fingerprint density at radius 3 is 3.00 bits per heavy atom. The maximum absolute atomic E-state index is 9.79. The first-order valence-corrected chi connectivity index (χ1v) is 5.03. The van der Waals surface area contributed by atoms with Crippen LogP contribution < -0.4 is 5.32 Å². The van der Waals surface area contributed by atoms with Crippen molar-refractivity contribution in [1.29, 1.82) is 0 Å². The normalized spacial score (nSPS) is 10.7. The molecule has 0 saturated carbocycles. The molecule has 0 spiro atoms. The fraction of sp³-hybridized carbons (Fsp3) is 0.250. The molecule has 0 unspecified atom stereocenters. The van der Waals surface area contributed by atoms with Gasteiger partial charge in [-0.3, -0.25) is 4.98 Å². The molecule has 1 heterocycles. The maximum Gasteiger partial charge on any atom is 0.125 e. The second-order valence-electron chi connectivity index (χ2n) is 3.49. The fourth-order valence-electron chi connectivity index (χ4n) is 1.72. The van der Waals surface area contributed by atoms with Crippen LogP contribution in [0.2, 0.25) is 0 Å². The Labute approximate surface area is 88.8 Å². The Morgan fingerprint density at radius 2 is 2.20 bits per heavy atom. The number of likely N-dealkylation sites (N-methyl/N-ethyl adjacent to an activating group) is 1. The van der Waals surface area contributed by atoms with Crippen molar-refractivity contribution in [3.63, 3.8) is 0 Å². The van der Waals surface area contributed by atoms with Crippen molar-refractivity contribution >= 4 is 10.8 Å². The van der Waals surface area contributed by atoms with E-state index < -0.39 is 0 Å². The summed E-state index contributed by atoms with van der Waals surface area (Å²) in [4.78, 5) is 4.31. The molecule has 3 nitrogen and oxygen atoms in total. The van der Waals surface area contributed by atoms with Crippen molar-refractivity contribution < 1.29 is 5.11 Å². The van der Waals surface area contributed by atoms with Gasteiger partial charge < -0.3 is 10.4 Å². The molecule has 1 aromatic heterocycles. The van der Waals surface area contributed by atoms with Crippen molar-refractivity contribution in [3.8, 4) is 5.75 Å². The Balaban J connectivity index is 2.53. The zero-order valence-corrected chi connectivity index (χ0v) is 8.70. The molecule has 2 aromatic rings. The Bertz CT molecular complexity index is 463. The zero-order valence-electron chi connectivity index (χ0n) is 8.70. The molecule has 1 aromatic carbocycles. The van der Waals surface area contributed by atoms with Gasteiger partial charge in [0.25, 0.3) is 0 Å². The van der Waals surface area contributed by atoms with Crippen LogP contribution in [0.3, 0.4) is 0 Å². The van der Waals surface area contributed by atoms with E-state index in [-0.39, 0.29) is 0 Å². The molecule has 0 fully saturated rings. The smallest absolute Gasteiger partial charge is 0.125 e. The van der Waals surface area contributed by atoms with E-state index in [4.69, 9.17) is 0 Å². The van der Waals surface area contributed by atoms with Crippen LogP contribution in [0.5, 0.6) is 5.75 Å². The van der Waals surface area contributed by atoms with Crippen LogP contribution in [-0.4, -0.2) is 23.7 Å². The van der Waals surface area contributed by atoms with Crippen molar-refractivity contribution in [3.05, 3.63) is 36.2 Å². The molecule has 0 aliphatic rings. The highest BCUT2D eigenvalue weighted by molar-refractivity contribution is 5.89. The second kappa shape index (κ2) is 4.28. The number of benzene rings is 1. The lowest BCUT2D eigenvalue weighted by atomic mass is 10.1. The van der Waals surface area contributed by atoms with Gasteiger partial charge in [-0.25, -0.2) is 0 Å². The van der Waals surface area contributed by atoms with Crippen molar-refractivity contribution in [1.82, 2.24) is 10.3 Å². The lowest BCUT2D eigenvalue weighted by molar-refractivity contribution is 0.481. The average molecular weight is 202 g/mol. The second-order valence-corrected chi connectivity index (χ2v) is 3.49. The molecule has 0 amide bonds. The monoisotopic (exact) mass is 202 g/mol. The summed E-state index contributed by atoms with van der Waals surface area (Å²) in [5.41, 5.74) is 0.944. The van der Waals surface area contributed by atoms with E-state index in [1.54, 1.807) is 12.3 Å². The Kier molecular flexibility index (Phi) is 2.83. The summed E-state index contributed by atoms with van der Waals surface area (Å²) >= 11 is 0. The number of fused-ring (bicyclic) bond motifs is 1. The van der Waals surface area contributed by atoms with E-state index in [0.29, 0.717) is 5.75 Å². The van der Waals surface area contributed by atoms with Gasteiger partial charge in [-0.1, -0.05) is 12.1 Å². The van der Waals surface area contributed by atoms with E-state index >= 15 is 0 Å². The summed E-state index contributed by atoms with van der Waals surface area (Å²) in [6.07, 6.45) is 2.61. The standard InChI is InChI=1S/C12H14N2O/c1-13-7-6-10-12-9(5-8-14-10)3-2-4-11(12)15/h2-5,8,13,15H,6-7H2,1H3. The number of hydrogen-bond acceptors (Lipinski definition) is 3. The number of phenols is 1. The quantitative estimate of drug-likeness (QED) is 0.796. The molecular formula is C12H14N2O. The Hall–Kier alpha value is -1.61. The number of rotatable bonds is 3. The summed E-state index contributed by atoms with van der Waals surface area (Å²) in [5.74, 6) is 0.312. The van der Waals surface area contributed by atoms with Crippen LogP contribution in [0, 0.1) is 0 Å². The molecule has 0 radical (unpaired) electrons. The minimum atomic E-state index is 0.312. The van der Waals surface area contributed by atoms with Crippen LogP contribution >= 0.6 is 0 Å². The van der Waals surface area contributed by atoms with Crippen LogP contribution in [0.1, 0.15) is 5.69 Å². The average Bonchev–Trinajstić information content (AvgIpc) is 2.26. The molecule has 15 heavy (non-hydrogen) atoms. The molecule has 3 heteroatoms. The van der Waals surface area contributed by atoms with Gasteiger partial charge in [0.1, 0.15) is 5.75 Å². The fourth-order valence-corrected chi connectivity index (χ4v) is 1.72. The first-order chi connectivity index (χ1) is 7.33. The third kappa shape index (κ3) is 1.92. The van der Waals surface area contributed by atoms with Crippen molar-refractivity contribution in [2.45, 2.75) is 6.42 Å². The van der Waals surface area contributed by atoms with Gasteiger partial charge in [-0.15, -0.1) is 0 Å². The summed E-state index contributed by atoms with van der Waals surface area (Å²) in [7, 11) is 1.91. The van der Waals surface area contributed by atoms with Gasteiger partial charge in [0.2, 0.25) is 0 Å². The number of nitrogens with one attached hydrogen (secondary N) is 1. The molecule has 0 bridgehead atoms. The highest BCUT2D eigenvalue weighted by atomic mass is 16.3. The lowest BCUT2D eigenvalue weighted by Crippen LogP contribution is -2.11. The zero-order chi connectivity index (χ0) is 10.7. The lowest BCUT2D eigenvalue weighted by Gasteiger charge is -2.06. The number of phenolic OH excluding ortho intramolecular Hbond substituents is 1. The largest absolute Gasteiger partial charge is 0.507 e. The predicted octanol–water partition coefficient (Wildman–Crippen LogP) is 1.70. The van der Waals surface area contributed by atoms with Gasteiger partial charge in [-0.05, 0) is 24.6 Å². The first-order valence-electron chi connectivity index (χ1n) is 5.03. The number of aromatic hydroxyl groups is 1. The number of aromatic nitrogens is 1. The maximum atomic E-state index is 9.79. The van der Waals surface area contributed by atoms with Gasteiger partial charge in [-0.2, -0.15) is 0 Å². The van der Waals surface area contributed by atoms with Crippen molar-refractivity contribution in [2.24, 2.45) is 0 Å². The molecule has 78 valence electrons. The number of nitrogens with zero attached hydrogens (tertiary/aromatic N) is 1. The van der Waals surface area contributed by atoms with Crippen LogP contribution in [0.15, 0.2) is 30.5 Å². The van der Waals surface area contributed by atoms with E-state index in [1.807, 2.05) is 25.2 Å². The first kappa shape index (κ1) is 9.93. The molecule has 0 saturated heterocycles. The minimum absolute atomic E-state index is 0.312. The SMILES string of the molecule is CNCCc1nccc2cccc(O)c12. The third-order valence-electron chi connectivity index (χ3n) is 2.46. The van der Waals surface area contributed by atoms with Gasteiger partial charge >= 0.3 is 0 Å². The predicted molar refractivity (Wildman–Crippen MR) is 61.0 cm³/mol. The summed E-state index contributed by atoms with van der Waals surface area (Å²) in [6.45, 7) is 0.862.